The van der Waals surface area contributed by atoms with E-state index in [9.17, 15) is 0 Å². The van der Waals surface area contributed by atoms with Gasteiger partial charge in [-0.1, -0.05) is 133 Å². The summed E-state index contributed by atoms with van der Waals surface area (Å²) in [6.07, 6.45) is 0. The molecule has 0 saturated heterocycles. The lowest BCUT2D eigenvalue weighted by atomic mass is 10.0. The van der Waals surface area contributed by atoms with E-state index in [0.717, 1.165) is 11.4 Å². The fourth-order valence-electron chi connectivity index (χ4n) is 7.58. The Labute approximate surface area is 300 Å². The molecule has 2 heterocycles. The van der Waals surface area contributed by atoms with Gasteiger partial charge in [0, 0.05) is 43.3 Å². The zero-order valence-corrected chi connectivity index (χ0v) is 28.6. The van der Waals surface area contributed by atoms with E-state index >= 15 is 0 Å². The third-order valence-corrected chi connectivity index (χ3v) is 11.2. The van der Waals surface area contributed by atoms with Crippen molar-refractivity contribution in [2.75, 3.05) is 4.90 Å². The maximum absolute atomic E-state index is 2.41. The van der Waals surface area contributed by atoms with E-state index in [1.807, 2.05) is 11.3 Å². The molecule has 10 rings (SSSR count). The van der Waals surface area contributed by atoms with E-state index in [0.29, 0.717) is 0 Å². The van der Waals surface area contributed by atoms with E-state index < -0.39 is 0 Å². The lowest BCUT2D eigenvalue weighted by molar-refractivity contribution is 1.19. The Morgan fingerprint density at radius 2 is 0.863 bits per heavy atom. The van der Waals surface area contributed by atoms with Crippen molar-refractivity contribution in [2.45, 2.75) is 0 Å². The molecule has 0 aliphatic heterocycles. The number of fused-ring (bicyclic) bond motifs is 6. The van der Waals surface area contributed by atoms with Crippen LogP contribution in [-0.4, -0.2) is 4.57 Å². The van der Waals surface area contributed by atoms with Crippen molar-refractivity contribution in [3.8, 4) is 27.9 Å². The minimum absolute atomic E-state index is 1.12. The highest BCUT2D eigenvalue weighted by Gasteiger charge is 2.19. The van der Waals surface area contributed by atoms with Gasteiger partial charge in [0.05, 0.1) is 21.4 Å². The summed E-state index contributed by atoms with van der Waals surface area (Å²) in [5.41, 5.74) is 11.9. The Morgan fingerprint density at radius 1 is 0.373 bits per heavy atom. The number of rotatable bonds is 6. The lowest BCUT2D eigenvalue weighted by Gasteiger charge is -2.26. The second-order valence-corrected chi connectivity index (χ2v) is 14.0. The van der Waals surface area contributed by atoms with Crippen LogP contribution in [0.5, 0.6) is 0 Å². The summed E-state index contributed by atoms with van der Waals surface area (Å²) in [4.78, 5) is 2.41. The monoisotopic (exact) mass is 668 g/mol. The molecule has 0 fully saturated rings. The highest BCUT2D eigenvalue weighted by molar-refractivity contribution is 7.26. The highest BCUT2D eigenvalue weighted by atomic mass is 32.1. The highest BCUT2D eigenvalue weighted by Crippen LogP contribution is 2.46. The number of anilines is 3. The van der Waals surface area contributed by atoms with Crippen molar-refractivity contribution in [1.82, 2.24) is 4.57 Å². The van der Waals surface area contributed by atoms with Gasteiger partial charge in [-0.2, -0.15) is 0 Å². The first-order valence-electron chi connectivity index (χ1n) is 17.4. The van der Waals surface area contributed by atoms with Gasteiger partial charge in [0.15, 0.2) is 0 Å². The Kier molecular flexibility index (Phi) is 7.04. The molecule has 0 spiro atoms. The molecule has 8 aromatic carbocycles. The van der Waals surface area contributed by atoms with Gasteiger partial charge >= 0.3 is 0 Å². The average Bonchev–Trinajstić information content (AvgIpc) is 3.75. The van der Waals surface area contributed by atoms with Crippen molar-refractivity contribution in [3.63, 3.8) is 0 Å². The Balaban J connectivity index is 1.14. The first kappa shape index (κ1) is 29.5. The molecule has 0 radical (unpaired) electrons. The Hall–Kier alpha value is -6.42. The van der Waals surface area contributed by atoms with Crippen LogP contribution in [0.15, 0.2) is 194 Å². The normalized spacial score (nSPS) is 11.5. The first-order chi connectivity index (χ1) is 25.3. The van der Waals surface area contributed by atoms with E-state index in [2.05, 4.69) is 204 Å². The number of thiophene rings is 1. The average molecular weight is 669 g/mol. The first-order valence-corrected chi connectivity index (χ1v) is 18.2. The molecular formula is C48H32N2S. The van der Waals surface area contributed by atoms with E-state index in [1.54, 1.807) is 0 Å². The molecule has 0 aliphatic carbocycles. The lowest BCUT2D eigenvalue weighted by Crippen LogP contribution is -2.10. The van der Waals surface area contributed by atoms with Gasteiger partial charge < -0.3 is 9.47 Å². The van der Waals surface area contributed by atoms with Gasteiger partial charge in [-0.15, -0.1) is 11.3 Å². The van der Waals surface area contributed by atoms with Crippen LogP contribution in [0.25, 0.3) is 69.9 Å². The topological polar surface area (TPSA) is 8.17 Å². The summed E-state index contributed by atoms with van der Waals surface area (Å²) in [5, 5.41) is 5.09. The molecule has 0 unspecified atom stereocenters. The molecule has 0 atom stereocenters. The SMILES string of the molecule is c1ccc(-c2ccc(N(c3ccc(-c4ccccc4)cc3)c3cccc4c3sc3ccc(-n5c6ccccc6c6ccccc65)cc34)cc2)cc1. The molecule has 0 saturated carbocycles. The minimum Gasteiger partial charge on any atom is -0.309 e. The van der Waals surface area contributed by atoms with Crippen LogP contribution in [0.3, 0.4) is 0 Å². The molecule has 240 valence electrons. The van der Waals surface area contributed by atoms with Gasteiger partial charge in [0.2, 0.25) is 0 Å². The quantitative estimate of drug-likeness (QED) is 0.171. The maximum atomic E-state index is 2.41. The summed E-state index contributed by atoms with van der Waals surface area (Å²) in [6.45, 7) is 0. The van der Waals surface area contributed by atoms with Crippen LogP contribution < -0.4 is 4.90 Å². The van der Waals surface area contributed by atoms with E-state index in [4.69, 9.17) is 0 Å². The number of para-hydroxylation sites is 2. The molecule has 10 aromatic rings. The van der Waals surface area contributed by atoms with Crippen LogP contribution >= 0.6 is 11.3 Å². The summed E-state index contributed by atoms with van der Waals surface area (Å²) < 4.78 is 4.96. The number of hydrogen-bond donors (Lipinski definition) is 0. The van der Waals surface area contributed by atoms with E-state index in [-0.39, 0.29) is 0 Å². The summed E-state index contributed by atoms with van der Waals surface area (Å²) in [5.74, 6) is 0. The van der Waals surface area contributed by atoms with Crippen LogP contribution in [0, 0.1) is 0 Å². The molecule has 0 N–H and O–H groups in total. The molecule has 0 amide bonds. The van der Waals surface area contributed by atoms with Crippen LogP contribution in [0.4, 0.5) is 17.1 Å². The largest absolute Gasteiger partial charge is 0.309 e. The number of hydrogen-bond acceptors (Lipinski definition) is 2. The molecule has 0 bridgehead atoms. The molecule has 2 nitrogen and oxygen atoms in total. The molecular weight excluding hydrogens is 637 g/mol. The van der Waals surface area contributed by atoms with Gasteiger partial charge in [-0.3, -0.25) is 0 Å². The maximum Gasteiger partial charge on any atom is 0.0640 e. The van der Waals surface area contributed by atoms with Crippen molar-refractivity contribution < 1.29 is 0 Å². The van der Waals surface area contributed by atoms with Crippen LogP contribution in [0.2, 0.25) is 0 Å². The third-order valence-electron chi connectivity index (χ3n) is 10.0. The Bertz CT molecular complexity index is 2690. The molecule has 51 heavy (non-hydrogen) atoms. The predicted octanol–water partition coefficient (Wildman–Crippen LogP) is 14.0. The van der Waals surface area contributed by atoms with Crippen LogP contribution in [-0.2, 0) is 0 Å². The predicted molar refractivity (Wildman–Crippen MR) is 219 cm³/mol. The smallest absolute Gasteiger partial charge is 0.0640 e. The van der Waals surface area contributed by atoms with Crippen LogP contribution in [0.1, 0.15) is 0 Å². The van der Waals surface area contributed by atoms with Gasteiger partial charge in [-0.05, 0) is 82.9 Å². The number of aromatic nitrogens is 1. The number of nitrogens with zero attached hydrogens (tertiary/aromatic N) is 2. The van der Waals surface area contributed by atoms with Gasteiger partial charge in [0.25, 0.3) is 0 Å². The second-order valence-electron chi connectivity index (χ2n) is 13.0. The second kappa shape index (κ2) is 12.2. The minimum atomic E-state index is 1.12. The van der Waals surface area contributed by atoms with Crippen molar-refractivity contribution in [2.24, 2.45) is 0 Å². The Morgan fingerprint density at radius 3 is 1.43 bits per heavy atom. The zero-order chi connectivity index (χ0) is 33.7. The molecule has 0 aliphatic rings. The standard InChI is InChI=1S/C48H32N2S/c1-3-12-33(13-4-1)35-22-26-37(27-23-35)49(38-28-24-36(25-29-38)34-14-5-2-6-15-34)46-21-11-18-42-43-32-39(30-31-47(43)51-48(42)46)50-44-19-9-7-16-40(44)41-17-8-10-20-45(41)50/h1-32H. The summed E-state index contributed by atoms with van der Waals surface area (Å²) >= 11 is 1.87. The third kappa shape index (κ3) is 5.01. The summed E-state index contributed by atoms with van der Waals surface area (Å²) in [7, 11) is 0. The van der Waals surface area contributed by atoms with Crippen molar-refractivity contribution in [1.29, 1.82) is 0 Å². The molecule has 3 heteroatoms. The molecule has 2 aromatic heterocycles. The van der Waals surface area contributed by atoms with E-state index in [1.165, 1.54) is 75.6 Å². The van der Waals surface area contributed by atoms with Crippen molar-refractivity contribution >= 4 is 70.4 Å². The number of benzene rings is 8. The van der Waals surface area contributed by atoms with Gasteiger partial charge in [-0.25, -0.2) is 0 Å². The van der Waals surface area contributed by atoms with Crippen molar-refractivity contribution in [3.05, 3.63) is 194 Å². The fraction of sp³-hybridized carbons (Fsp3) is 0. The fourth-order valence-corrected chi connectivity index (χ4v) is 8.77. The van der Waals surface area contributed by atoms with Gasteiger partial charge in [0.1, 0.15) is 0 Å². The summed E-state index contributed by atoms with van der Waals surface area (Å²) in [6, 6.07) is 70.3. The zero-order valence-electron chi connectivity index (χ0n) is 27.8.